The molecule has 0 spiro atoms. The van der Waals surface area contributed by atoms with Gasteiger partial charge < -0.3 is 24.1 Å². The summed E-state index contributed by atoms with van der Waals surface area (Å²) >= 11 is 0. The number of hydrogen-bond donors (Lipinski definition) is 1. The summed E-state index contributed by atoms with van der Waals surface area (Å²) < 4.78 is 23.0. The van der Waals surface area contributed by atoms with E-state index in [9.17, 15) is 4.79 Å². The lowest BCUT2D eigenvalue weighted by Crippen LogP contribution is -2.30. The molecule has 7 heteroatoms. The maximum atomic E-state index is 11.0. The van der Waals surface area contributed by atoms with Crippen LogP contribution in [-0.2, 0) is 9.53 Å². The van der Waals surface area contributed by atoms with Gasteiger partial charge in [-0.1, -0.05) is 6.07 Å². The molecule has 7 nitrogen and oxygen atoms in total. The van der Waals surface area contributed by atoms with Crippen molar-refractivity contribution in [2.45, 2.75) is 51.6 Å². The van der Waals surface area contributed by atoms with E-state index in [2.05, 4.69) is 10.5 Å². The highest BCUT2D eigenvalue weighted by Crippen LogP contribution is 2.36. The van der Waals surface area contributed by atoms with Gasteiger partial charge in [0, 0.05) is 6.92 Å². The normalized spacial score (nSPS) is 23.1. The van der Waals surface area contributed by atoms with Gasteiger partial charge >= 0.3 is 5.97 Å². The van der Waals surface area contributed by atoms with Crippen molar-refractivity contribution in [1.82, 2.24) is 10.5 Å². The highest BCUT2D eigenvalue weighted by molar-refractivity contribution is 5.88. The second-order valence-electron chi connectivity index (χ2n) is 8.18. The van der Waals surface area contributed by atoms with Crippen molar-refractivity contribution in [3.05, 3.63) is 18.2 Å². The Morgan fingerprint density at radius 1 is 1.10 bits per heavy atom. The summed E-state index contributed by atoms with van der Waals surface area (Å²) in [6, 6.07) is 5.77. The van der Waals surface area contributed by atoms with E-state index in [1.807, 2.05) is 18.2 Å². The standard InChI is InChI=1S/C22H30N2O5/c1-15(25)26-13-16-5-7-18(8-6-16)28-19-3-2-4-20-21(19)22(24-29-20)27-14-17-9-11-23-12-10-17/h2-4,16-18,23H,5-14H2,1H3. The molecule has 158 valence electrons. The Bertz CT molecular complexity index is 807. The predicted molar refractivity (Wildman–Crippen MR) is 108 cm³/mol. The Morgan fingerprint density at radius 3 is 2.62 bits per heavy atom. The third-order valence-electron chi connectivity index (χ3n) is 5.95. The first-order valence-electron chi connectivity index (χ1n) is 10.7. The molecule has 1 aliphatic carbocycles. The molecule has 1 N–H and O–H groups in total. The molecule has 0 bridgehead atoms. The molecule has 2 aromatic rings. The molecule has 0 amide bonds. The van der Waals surface area contributed by atoms with E-state index in [-0.39, 0.29) is 12.1 Å². The van der Waals surface area contributed by atoms with Crippen LogP contribution in [0.25, 0.3) is 11.0 Å². The minimum absolute atomic E-state index is 0.140. The second-order valence-corrected chi connectivity index (χ2v) is 8.18. The minimum Gasteiger partial charge on any atom is -0.489 e. The molecule has 0 unspecified atom stereocenters. The van der Waals surface area contributed by atoms with Gasteiger partial charge in [0.05, 0.1) is 19.3 Å². The molecule has 1 aliphatic heterocycles. The number of nitrogens with one attached hydrogen (secondary N) is 1. The van der Waals surface area contributed by atoms with Gasteiger partial charge in [0.15, 0.2) is 5.58 Å². The number of esters is 1. The Balaban J connectivity index is 1.37. The maximum Gasteiger partial charge on any atom is 0.302 e. The number of aromatic nitrogens is 1. The lowest BCUT2D eigenvalue weighted by Gasteiger charge is -2.28. The lowest BCUT2D eigenvalue weighted by atomic mass is 9.88. The Morgan fingerprint density at radius 2 is 1.86 bits per heavy atom. The average molecular weight is 402 g/mol. The number of rotatable bonds is 7. The molecule has 0 atom stereocenters. The number of nitrogens with zero attached hydrogens (tertiary/aromatic N) is 1. The van der Waals surface area contributed by atoms with Gasteiger partial charge in [-0.05, 0) is 80.7 Å². The summed E-state index contributed by atoms with van der Waals surface area (Å²) in [6.07, 6.45) is 6.26. The van der Waals surface area contributed by atoms with Crippen molar-refractivity contribution < 1.29 is 23.5 Å². The van der Waals surface area contributed by atoms with Crippen LogP contribution in [0.4, 0.5) is 0 Å². The summed E-state index contributed by atoms with van der Waals surface area (Å²) in [7, 11) is 0. The van der Waals surface area contributed by atoms with Crippen LogP contribution in [0.15, 0.2) is 22.7 Å². The van der Waals surface area contributed by atoms with Gasteiger partial charge in [-0.2, -0.15) is 0 Å². The zero-order valence-corrected chi connectivity index (χ0v) is 17.0. The summed E-state index contributed by atoms with van der Waals surface area (Å²) in [4.78, 5) is 11.0. The fourth-order valence-electron chi connectivity index (χ4n) is 4.21. The number of ether oxygens (including phenoxy) is 3. The first-order valence-corrected chi connectivity index (χ1v) is 10.7. The molecule has 29 heavy (non-hydrogen) atoms. The molecule has 1 saturated heterocycles. The molecule has 2 heterocycles. The second kappa shape index (κ2) is 9.48. The van der Waals surface area contributed by atoms with Crippen LogP contribution in [0.2, 0.25) is 0 Å². The van der Waals surface area contributed by atoms with Crippen LogP contribution < -0.4 is 14.8 Å². The molecule has 1 aromatic carbocycles. The molecule has 1 saturated carbocycles. The van der Waals surface area contributed by atoms with E-state index in [0.717, 1.165) is 62.8 Å². The van der Waals surface area contributed by atoms with Gasteiger partial charge in [0.25, 0.3) is 5.88 Å². The molecular formula is C22H30N2O5. The zero-order valence-electron chi connectivity index (χ0n) is 17.0. The van der Waals surface area contributed by atoms with Crippen molar-refractivity contribution in [1.29, 1.82) is 0 Å². The van der Waals surface area contributed by atoms with E-state index in [0.29, 0.717) is 36.5 Å². The molecule has 1 aromatic heterocycles. The van der Waals surface area contributed by atoms with Crippen LogP contribution in [0.5, 0.6) is 11.6 Å². The van der Waals surface area contributed by atoms with Gasteiger partial charge in [0.1, 0.15) is 11.1 Å². The van der Waals surface area contributed by atoms with Gasteiger partial charge in [-0.25, -0.2) is 0 Å². The summed E-state index contributed by atoms with van der Waals surface area (Å²) in [6.45, 7) is 4.71. The van der Waals surface area contributed by atoms with Gasteiger partial charge in [0.2, 0.25) is 0 Å². The van der Waals surface area contributed by atoms with Crippen molar-refractivity contribution in [3.63, 3.8) is 0 Å². The van der Waals surface area contributed by atoms with Crippen molar-refractivity contribution in [2.24, 2.45) is 11.8 Å². The number of hydrogen-bond acceptors (Lipinski definition) is 7. The third kappa shape index (κ3) is 5.21. The van der Waals surface area contributed by atoms with Crippen LogP contribution in [-0.4, -0.2) is 43.5 Å². The number of carbonyl (C=O) groups is 1. The van der Waals surface area contributed by atoms with Crippen molar-refractivity contribution >= 4 is 16.9 Å². The number of fused-ring (bicyclic) bond motifs is 1. The fourth-order valence-corrected chi connectivity index (χ4v) is 4.21. The van der Waals surface area contributed by atoms with Gasteiger partial charge in [-0.15, -0.1) is 0 Å². The average Bonchev–Trinajstić information content (AvgIpc) is 3.17. The number of piperidine rings is 1. The Kier molecular flexibility index (Phi) is 6.54. The minimum atomic E-state index is -0.209. The monoisotopic (exact) mass is 402 g/mol. The molecular weight excluding hydrogens is 372 g/mol. The van der Waals surface area contributed by atoms with Crippen LogP contribution in [0.3, 0.4) is 0 Å². The van der Waals surface area contributed by atoms with Crippen LogP contribution in [0, 0.1) is 11.8 Å². The summed E-state index contributed by atoms with van der Waals surface area (Å²) in [5.41, 5.74) is 0.686. The maximum absolute atomic E-state index is 11.0. The summed E-state index contributed by atoms with van der Waals surface area (Å²) in [5, 5.41) is 8.34. The molecule has 0 radical (unpaired) electrons. The van der Waals surface area contributed by atoms with Crippen LogP contribution >= 0.6 is 0 Å². The summed E-state index contributed by atoms with van der Waals surface area (Å²) in [5.74, 6) is 2.06. The van der Waals surface area contributed by atoms with Crippen LogP contribution in [0.1, 0.15) is 45.4 Å². The zero-order chi connectivity index (χ0) is 20.1. The highest BCUT2D eigenvalue weighted by Gasteiger charge is 2.25. The SMILES string of the molecule is CC(=O)OCC1CCC(Oc2cccc3onc(OCC4CCNCC4)c23)CC1. The first-order chi connectivity index (χ1) is 14.2. The van der Waals surface area contributed by atoms with E-state index >= 15 is 0 Å². The largest absolute Gasteiger partial charge is 0.489 e. The molecule has 2 aliphatic rings. The van der Waals surface area contributed by atoms with E-state index < -0.39 is 0 Å². The highest BCUT2D eigenvalue weighted by atomic mass is 16.5. The molecule has 4 rings (SSSR count). The smallest absolute Gasteiger partial charge is 0.302 e. The van der Waals surface area contributed by atoms with E-state index in [4.69, 9.17) is 18.7 Å². The first kappa shape index (κ1) is 20.0. The van der Waals surface area contributed by atoms with Gasteiger partial charge in [-0.3, -0.25) is 4.79 Å². The topological polar surface area (TPSA) is 82.8 Å². The van der Waals surface area contributed by atoms with Crippen molar-refractivity contribution in [3.8, 4) is 11.6 Å². The van der Waals surface area contributed by atoms with Crippen molar-refractivity contribution in [2.75, 3.05) is 26.3 Å². The number of benzene rings is 1. The lowest BCUT2D eigenvalue weighted by molar-refractivity contribution is -0.142. The fraction of sp³-hybridized carbons (Fsp3) is 0.636. The molecule has 2 fully saturated rings. The Hall–Kier alpha value is -2.28. The quantitative estimate of drug-likeness (QED) is 0.707. The third-order valence-corrected chi connectivity index (χ3v) is 5.95. The number of carbonyl (C=O) groups excluding carboxylic acids is 1. The predicted octanol–water partition coefficient (Wildman–Crippen LogP) is 3.71. The Labute approximate surface area is 171 Å². The van der Waals surface area contributed by atoms with E-state index in [1.54, 1.807) is 0 Å². The van der Waals surface area contributed by atoms with E-state index in [1.165, 1.54) is 6.92 Å².